The van der Waals surface area contributed by atoms with Gasteiger partial charge in [-0.05, 0) is 56.2 Å². The van der Waals surface area contributed by atoms with Gasteiger partial charge in [0.25, 0.3) is 0 Å². The van der Waals surface area contributed by atoms with Gasteiger partial charge in [-0.15, -0.1) is 0 Å². The summed E-state index contributed by atoms with van der Waals surface area (Å²) in [5.41, 5.74) is 0. The smallest absolute Gasteiger partial charge is 0.314 e. The lowest BCUT2D eigenvalue weighted by atomic mass is 10.1. The Morgan fingerprint density at radius 3 is 2.14 bits per heavy atom. The molecule has 0 aromatic heterocycles. The summed E-state index contributed by atoms with van der Waals surface area (Å²) in [7, 11) is -4.95. The molecule has 1 heterocycles. The summed E-state index contributed by atoms with van der Waals surface area (Å²) >= 11 is 0. The van der Waals surface area contributed by atoms with Crippen molar-refractivity contribution in [3.05, 3.63) is 0 Å². The van der Waals surface area contributed by atoms with E-state index in [1.54, 1.807) is 0 Å². The molecule has 0 aromatic carbocycles. The molecular formula is C15H36O3Si3. The van der Waals surface area contributed by atoms with E-state index in [4.69, 9.17) is 13.0 Å². The van der Waals surface area contributed by atoms with E-state index in [9.17, 15) is 0 Å². The third kappa shape index (κ3) is 6.66. The Balaban J connectivity index is 2.76. The van der Waals surface area contributed by atoms with Gasteiger partial charge in [0, 0.05) is 0 Å². The van der Waals surface area contributed by atoms with Crippen molar-refractivity contribution in [3.8, 4) is 0 Å². The number of epoxide rings is 1. The lowest BCUT2D eigenvalue weighted by Crippen LogP contribution is -2.54. The van der Waals surface area contributed by atoms with Crippen LogP contribution < -0.4 is 0 Å². The third-order valence-electron chi connectivity index (χ3n) is 4.55. The number of rotatable bonds is 8. The maximum absolute atomic E-state index is 6.82. The summed E-state index contributed by atoms with van der Waals surface area (Å²) in [5, 5.41) is 0.242. The third-order valence-corrected chi connectivity index (χ3v) is 17.2. The molecule has 3 nitrogen and oxygen atoms in total. The highest BCUT2D eigenvalue weighted by molar-refractivity contribution is 6.86. The Bertz CT molecular complexity index is 338. The first-order valence-corrected chi connectivity index (χ1v) is 16.6. The van der Waals surface area contributed by atoms with Crippen LogP contribution in [0.3, 0.4) is 0 Å². The first-order valence-electron chi connectivity index (χ1n) is 8.34. The minimum atomic E-state index is -2.09. The van der Waals surface area contributed by atoms with E-state index in [0.717, 1.165) is 19.1 Å². The highest BCUT2D eigenvalue weighted by Crippen LogP contribution is 2.40. The Kier molecular flexibility index (Phi) is 6.49. The molecule has 126 valence electrons. The second-order valence-corrected chi connectivity index (χ2v) is 19.7. The second-order valence-electron chi connectivity index (χ2n) is 8.66. The summed E-state index contributed by atoms with van der Waals surface area (Å²) in [4.78, 5) is 0. The van der Waals surface area contributed by atoms with Gasteiger partial charge in [0.15, 0.2) is 17.4 Å². The van der Waals surface area contributed by atoms with Crippen LogP contribution >= 0.6 is 0 Å². The molecule has 1 aliphatic heterocycles. The second kappa shape index (κ2) is 6.97. The van der Waals surface area contributed by atoms with E-state index in [1.807, 2.05) is 0 Å². The number of ether oxygens (including phenoxy) is 1. The summed E-state index contributed by atoms with van der Waals surface area (Å²) in [6.45, 7) is 21.7. The zero-order valence-electron chi connectivity index (χ0n) is 15.6. The largest absolute Gasteiger partial charge is 0.439 e. The molecule has 1 saturated heterocycles. The molecule has 1 aliphatic rings. The molecule has 0 aromatic rings. The highest BCUT2D eigenvalue weighted by Gasteiger charge is 2.46. The molecule has 1 rings (SSSR count). The van der Waals surface area contributed by atoms with Crippen molar-refractivity contribution in [1.29, 1.82) is 0 Å². The maximum Gasteiger partial charge on any atom is 0.314 e. The number of hydrogen-bond donors (Lipinski definition) is 0. The summed E-state index contributed by atoms with van der Waals surface area (Å²) in [6, 6.07) is 1.10. The van der Waals surface area contributed by atoms with Crippen LogP contribution in [-0.2, 0) is 13.0 Å². The van der Waals surface area contributed by atoms with Gasteiger partial charge in [-0.2, -0.15) is 0 Å². The van der Waals surface area contributed by atoms with E-state index in [2.05, 4.69) is 60.4 Å². The van der Waals surface area contributed by atoms with Crippen LogP contribution in [0.4, 0.5) is 0 Å². The van der Waals surface area contributed by atoms with Crippen molar-refractivity contribution in [2.24, 2.45) is 5.92 Å². The van der Waals surface area contributed by atoms with E-state index in [1.165, 1.54) is 0 Å². The van der Waals surface area contributed by atoms with Gasteiger partial charge in [0.05, 0.1) is 12.7 Å². The zero-order chi connectivity index (χ0) is 16.5. The molecule has 0 saturated carbocycles. The van der Waals surface area contributed by atoms with Gasteiger partial charge >= 0.3 is 8.56 Å². The van der Waals surface area contributed by atoms with E-state index >= 15 is 0 Å². The molecule has 0 bridgehead atoms. The molecule has 6 heteroatoms. The van der Waals surface area contributed by atoms with E-state index < -0.39 is 25.9 Å². The summed E-state index contributed by atoms with van der Waals surface area (Å²) in [5.74, 6) is 0.631. The highest BCUT2D eigenvalue weighted by atomic mass is 28.5. The SMILES string of the molecule is CC(CC1CO1)C[Si](C)(O[SiH](C)C)O[Si](C)(C)C(C)(C)C. The van der Waals surface area contributed by atoms with Gasteiger partial charge in [-0.25, -0.2) is 0 Å². The molecule has 0 aliphatic carbocycles. The van der Waals surface area contributed by atoms with Gasteiger partial charge in [0.1, 0.15) is 0 Å². The molecule has 21 heavy (non-hydrogen) atoms. The van der Waals surface area contributed by atoms with Gasteiger partial charge in [0.2, 0.25) is 0 Å². The molecule has 0 spiro atoms. The topological polar surface area (TPSA) is 31.0 Å². The average molecular weight is 349 g/mol. The van der Waals surface area contributed by atoms with Crippen LogP contribution in [0.2, 0.25) is 43.8 Å². The van der Waals surface area contributed by atoms with Crippen molar-refractivity contribution in [1.82, 2.24) is 0 Å². The van der Waals surface area contributed by atoms with Gasteiger partial charge in [-0.3, -0.25) is 0 Å². The first-order chi connectivity index (χ1) is 9.35. The van der Waals surface area contributed by atoms with Crippen molar-refractivity contribution in [2.75, 3.05) is 6.61 Å². The Morgan fingerprint density at radius 2 is 1.76 bits per heavy atom. The molecule has 3 atom stereocenters. The minimum Gasteiger partial charge on any atom is -0.439 e. The van der Waals surface area contributed by atoms with Crippen LogP contribution in [0.25, 0.3) is 0 Å². The Labute approximate surface area is 135 Å². The van der Waals surface area contributed by atoms with Crippen molar-refractivity contribution in [2.45, 2.75) is 84.0 Å². The average Bonchev–Trinajstić information content (AvgIpc) is 2.95. The van der Waals surface area contributed by atoms with Crippen molar-refractivity contribution in [3.63, 3.8) is 0 Å². The minimum absolute atomic E-state index is 0.242. The lowest BCUT2D eigenvalue weighted by molar-refractivity contribution is 0.337. The molecule has 0 amide bonds. The first kappa shape index (κ1) is 19.6. The van der Waals surface area contributed by atoms with E-state index in [-0.39, 0.29) is 5.04 Å². The van der Waals surface area contributed by atoms with E-state index in [0.29, 0.717) is 12.0 Å². The fourth-order valence-electron chi connectivity index (χ4n) is 2.67. The van der Waals surface area contributed by atoms with Gasteiger partial charge < -0.3 is 13.0 Å². The molecule has 0 N–H and O–H groups in total. The van der Waals surface area contributed by atoms with Crippen LogP contribution in [0.5, 0.6) is 0 Å². The van der Waals surface area contributed by atoms with Crippen molar-refractivity contribution >= 4 is 25.9 Å². The summed E-state index contributed by atoms with van der Waals surface area (Å²) < 4.78 is 18.7. The summed E-state index contributed by atoms with van der Waals surface area (Å²) in [6.07, 6.45) is 1.66. The standard InChI is InChI=1S/C15H36O3Si3/c1-13(10-14-11-16-14)12-21(9,17-19(5)6)18-20(7,8)15(2,3)4/h13-14,19H,10-12H2,1-9H3. The van der Waals surface area contributed by atoms with Gasteiger partial charge in [-0.1, -0.05) is 27.7 Å². The predicted molar refractivity (Wildman–Crippen MR) is 98.2 cm³/mol. The normalized spacial score (nSPS) is 24.0. The Hall–Kier alpha value is 0.531. The van der Waals surface area contributed by atoms with Crippen LogP contribution in [0.15, 0.2) is 0 Å². The fourth-order valence-corrected chi connectivity index (χ4v) is 15.0. The maximum atomic E-state index is 6.82. The van der Waals surface area contributed by atoms with Crippen LogP contribution in [-0.4, -0.2) is 38.6 Å². The quantitative estimate of drug-likeness (QED) is 0.478. The monoisotopic (exact) mass is 348 g/mol. The van der Waals surface area contributed by atoms with Crippen LogP contribution in [0.1, 0.15) is 34.1 Å². The molecule has 0 radical (unpaired) electrons. The fraction of sp³-hybridized carbons (Fsp3) is 1.00. The van der Waals surface area contributed by atoms with Crippen molar-refractivity contribution < 1.29 is 13.0 Å². The molecule has 3 unspecified atom stereocenters. The Morgan fingerprint density at radius 1 is 1.24 bits per heavy atom. The van der Waals surface area contributed by atoms with Crippen LogP contribution in [0, 0.1) is 5.92 Å². The number of hydrogen-bond acceptors (Lipinski definition) is 3. The molecule has 1 fully saturated rings. The zero-order valence-corrected chi connectivity index (χ0v) is 18.7. The molecular weight excluding hydrogens is 312 g/mol. The predicted octanol–water partition coefficient (Wildman–Crippen LogP) is 4.51. The lowest BCUT2D eigenvalue weighted by Gasteiger charge is -2.44.